The average Bonchev–Trinajstić information content (AvgIpc) is 2.97. The Balaban J connectivity index is 1.69. The van der Waals surface area contributed by atoms with E-state index in [1.165, 1.54) is 29.6 Å². The molecule has 0 bridgehead atoms. The van der Waals surface area contributed by atoms with E-state index >= 15 is 0 Å². The zero-order chi connectivity index (χ0) is 21.6. The molecule has 10 heteroatoms. The zero-order valence-corrected chi connectivity index (χ0v) is 18.2. The van der Waals surface area contributed by atoms with Gasteiger partial charge in [-0.1, -0.05) is 18.0 Å². The van der Waals surface area contributed by atoms with Crippen molar-refractivity contribution in [1.29, 1.82) is 0 Å². The first-order valence-electron chi connectivity index (χ1n) is 10.2. The number of amides is 1. The molecule has 0 atom stereocenters. The Morgan fingerprint density at radius 1 is 1.23 bits per heavy atom. The predicted octanol–water partition coefficient (Wildman–Crippen LogP) is 2.31. The highest BCUT2D eigenvalue weighted by Crippen LogP contribution is 2.26. The normalized spacial score (nSPS) is 15.5. The fraction of sp³-hybridized carbons (Fsp3) is 0.550. The first-order valence-corrected chi connectivity index (χ1v) is 11.6. The van der Waals surface area contributed by atoms with Crippen molar-refractivity contribution >= 4 is 15.9 Å². The molecular formula is C20H28N4O5S. The van der Waals surface area contributed by atoms with Gasteiger partial charge in [-0.05, 0) is 44.4 Å². The third-order valence-electron chi connectivity index (χ3n) is 5.04. The van der Waals surface area contributed by atoms with Crippen LogP contribution in [0.1, 0.15) is 54.2 Å². The summed E-state index contributed by atoms with van der Waals surface area (Å²) in [5.74, 6) is 1.03. The van der Waals surface area contributed by atoms with Crippen molar-refractivity contribution < 1.29 is 22.5 Å². The SMILES string of the molecule is COc1ccc(S(=O)(=O)N2CCCCCC2)cc1C(=O)NCCCc1nc(C)no1. The highest BCUT2D eigenvalue weighted by molar-refractivity contribution is 7.89. The molecule has 3 rings (SSSR count). The Hall–Kier alpha value is -2.46. The molecule has 30 heavy (non-hydrogen) atoms. The van der Waals surface area contributed by atoms with Gasteiger partial charge in [0.25, 0.3) is 5.91 Å². The molecule has 1 aliphatic heterocycles. The lowest BCUT2D eigenvalue weighted by molar-refractivity contribution is 0.0949. The second-order valence-corrected chi connectivity index (χ2v) is 9.21. The standard InChI is InChI=1S/C20H28N4O5S/c1-15-22-19(29-23-15)8-7-11-21-20(25)17-14-16(9-10-18(17)28-2)30(26,27)24-12-5-3-4-6-13-24/h9-10,14H,3-8,11-13H2,1-2H3,(H,21,25). The highest BCUT2D eigenvalue weighted by Gasteiger charge is 2.27. The number of rotatable bonds is 8. The van der Waals surface area contributed by atoms with Gasteiger partial charge in [0.15, 0.2) is 5.82 Å². The van der Waals surface area contributed by atoms with E-state index in [0.717, 1.165) is 25.7 Å². The second kappa shape index (κ2) is 10.0. The molecule has 0 aliphatic carbocycles. The highest BCUT2D eigenvalue weighted by atomic mass is 32.2. The van der Waals surface area contributed by atoms with E-state index in [2.05, 4.69) is 15.5 Å². The van der Waals surface area contributed by atoms with Gasteiger partial charge >= 0.3 is 0 Å². The predicted molar refractivity (Wildman–Crippen MR) is 110 cm³/mol. The van der Waals surface area contributed by atoms with Crippen LogP contribution in [0.5, 0.6) is 5.75 Å². The minimum absolute atomic E-state index is 0.108. The topological polar surface area (TPSA) is 115 Å². The Morgan fingerprint density at radius 3 is 2.60 bits per heavy atom. The van der Waals surface area contributed by atoms with Gasteiger partial charge in [0.05, 0.1) is 17.6 Å². The Morgan fingerprint density at radius 2 is 1.97 bits per heavy atom. The second-order valence-electron chi connectivity index (χ2n) is 7.28. The molecule has 0 unspecified atom stereocenters. The minimum Gasteiger partial charge on any atom is -0.496 e. The first-order chi connectivity index (χ1) is 14.4. The van der Waals surface area contributed by atoms with Gasteiger partial charge in [0.1, 0.15) is 5.75 Å². The molecule has 9 nitrogen and oxygen atoms in total. The average molecular weight is 437 g/mol. The molecule has 1 aliphatic rings. The van der Waals surface area contributed by atoms with Crippen LogP contribution in [0.2, 0.25) is 0 Å². The van der Waals surface area contributed by atoms with Crippen molar-refractivity contribution in [3.8, 4) is 5.75 Å². The number of carbonyl (C=O) groups excluding carboxylic acids is 1. The maximum atomic E-state index is 13.1. The van der Waals surface area contributed by atoms with E-state index in [0.29, 0.717) is 49.9 Å². The lowest BCUT2D eigenvalue weighted by Gasteiger charge is -2.20. The number of hydrogen-bond donors (Lipinski definition) is 1. The van der Waals surface area contributed by atoms with Crippen molar-refractivity contribution in [2.45, 2.75) is 50.3 Å². The zero-order valence-electron chi connectivity index (χ0n) is 17.4. The summed E-state index contributed by atoms with van der Waals surface area (Å²) >= 11 is 0. The molecule has 1 amide bonds. The summed E-state index contributed by atoms with van der Waals surface area (Å²) in [4.78, 5) is 16.9. The number of sulfonamides is 1. The van der Waals surface area contributed by atoms with Crippen molar-refractivity contribution in [3.63, 3.8) is 0 Å². The largest absolute Gasteiger partial charge is 0.496 e. The van der Waals surface area contributed by atoms with Gasteiger partial charge in [0.2, 0.25) is 15.9 Å². The molecule has 1 aromatic carbocycles. The molecule has 0 spiro atoms. The monoisotopic (exact) mass is 436 g/mol. The van der Waals surface area contributed by atoms with Crippen LogP contribution < -0.4 is 10.1 Å². The fourth-order valence-electron chi connectivity index (χ4n) is 3.43. The lowest BCUT2D eigenvalue weighted by Crippen LogP contribution is -2.32. The number of nitrogens with zero attached hydrogens (tertiary/aromatic N) is 3. The number of benzene rings is 1. The number of nitrogens with one attached hydrogen (secondary N) is 1. The number of methoxy groups -OCH3 is 1. The van der Waals surface area contributed by atoms with E-state index in [9.17, 15) is 13.2 Å². The Labute approximate surface area is 176 Å². The van der Waals surface area contributed by atoms with Gasteiger partial charge in [-0.2, -0.15) is 9.29 Å². The van der Waals surface area contributed by atoms with Gasteiger partial charge in [0, 0.05) is 26.1 Å². The van der Waals surface area contributed by atoms with E-state index in [1.807, 2.05) is 0 Å². The quantitative estimate of drug-likeness (QED) is 0.632. The lowest BCUT2D eigenvalue weighted by atomic mass is 10.2. The maximum Gasteiger partial charge on any atom is 0.255 e. The molecule has 164 valence electrons. The molecule has 2 heterocycles. The Bertz CT molecular complexity index is 965. The Kier molecular flexibility index (Phi) is 7.43. The van der Waals surface area contributed by atoms with Crippen LogP contribution in [0.4, 0.5) is 0 Å². The molecule has 1 saturated heterocycles. The molecule has 0 saturated carbocycles. The number of aromatic nitrogens is 2. The summed E-state index contributed by atoms with van der Waals surface area (Å²) in [6.07, 6.45) is 4.92. The summed E-state index contributed by atoms with van der Waals surface area (Å²) in [5.41, 5.74) is 0.196. The van der Waals surface area contributed by atoms with E-state index in [1.54, 1.807) is 6.92 Å². The van der Waals surface area contributed by atoms with Crippen molar-refractivity contribution in [3.05, 3.63) is 35.5 Å². The molecule has 1 fully saturated rings. The van der Waals surface area contributed by atoms with Gasteiger partial charge < -0.3 is 14.6 Å². The number of hydrogen-bond acceptors (Lipinski definition) is 7. The number of ether oxygens (including phenoxy) is 1. The van der Waals surface area contributed by atoms with Crippen LogP contribution in [-0.2, 0) is 16.4 Å². The van der Waals surface area contributed by atoms with Gasteiger partial charge in [-0.15, -0.1) is 0 Å². The molecular weight excluding hydrogens is 408 g/mol. The number of carbonyl (C=O) groups is 1. The summed E-state index contributed by atoms with van der Waals surface area (Å²) in [6, 6.07) is 4.42. The van der Waals surface area contributed by atoms with Crippen molar-refractivity contribution in [2.24, 2.45) is 0 Å². The van der Waals surface area contributed by atoms with Crippen molar-refractivity contribution in [1.82, 2.24) is 19.8 Å². The van der Waals surface area contributed by atoms with Crippen LogP contribution in [-0.4, -0.2) is 55.5 Å². The van der Waals surface area contributed by atoms with Crippen LogP contribution in [0.25, 0.3) is 0 Å². The minimum atomic E-state index is -3.66. The third kappa shape index (κ3) is 5.37. The molecule has 1 N–H and O–H groups in total. The first kappa shape index (κ1) is 22.2. The molecule has 0 radical (unpaired) electrons. The number of aryl methyl sites for hydroxylation is 2. The summed E-state index contributed by atoms with van der Waals surface area (Å²) < 4.78 is 38.0. The van der Waals surface area contributed by atoms with E-state index in [-0.39, 0.29) is 16.4 Å². The maximum absolute atomic E-state index is 13.1. The van der Waals surface area contributed by atoms with Crippen LogP contribution >= 0.6 is 0 Å². The van der Waals surface area contributed by atoms with Crippen LogP contribution in [0, 0.1) is 6.92 Å². The van der Waals surface area contributed by atoms with E-state index in [4.69, 9.17) is 9.26 Å². The third-order valence-corrected chi connectivity index (χ3v) is 6.94. The van der Waals surface area contributed by atoms with Crippen LogP contribution in [0.3, 0.4) is 0 Å². The molecule has 1 aromatic heterocycles. The van der Waals surface area contributed by atoms with E-state index < -0.39 is 10.0 Å². The fourth-order valence-corrected chi connectivity index (χ4v) is 4.98. The summed E-state index contributed by atoms with van der Waals surface area (Å²) in [6.45, 7) is 3.14. The van der Waals surface area contributed by atoms with Crippen LogP contribution in [0.15, 0.2) is 27.6 Å². The molecule has 2 aromatic rings. The summed E-state index contributed by atoms with van der Waals surface area (Å²) in [7, 11) is -2.20. The van der Waals surface area contributed by atoms with Gasteiger partial charge in [-0.25, -0.2) is 8.42 Å². The van der Waals surface area contributed by atoms with Crippen molar-refractivity contribution in [2.75, 3.05) is 26.7 Å². The van der Waals surface area contributed by atoms with Gasteiger partial charge in [-0.3, -0.25) is 4.79 Å². The summed E-state index contributed by atoms with van der Waals surface area (Å²) in [5, 5.41) is 6.53. The smallest absolute Gasteiger partial charge is 0.255 e.